The molecule has 0 atom stereocenters. The molecule has 0 heterocycles. The maximum atomic E-state index is 11.8. The highest BCUT2D eigenvalue weighted by molar-refractivity contribution is 5.97. The lowest BCUT2D eigenvalue weighted by Crippen LogP contribution is -2.38. The second kappa shape index (κ2) is 8.77. The Morgan fingerprint density at radius 3 is 2.24 bits per heavy atom. The van der Waals surface area contributed by atoms with Crippen LogP contribution in [0.15, 0.2) is 29.4 Å². The van der Waals surface area contributed by atoms with Crippen LogP contribution in [-0.2, 0) is 4.79 Å². The van der Waals surface area contributed by atoms with Crippen molar-refractivity contribution in [3.63, 3.8) is 0 Å². The average Bonchev–Trinajstić information content (AvgIpc) is 2.52. The van der Waals surface area contributed by atoms with Crippen molar-refractivity contribution in [2.45, 2.75) is 0 Å². The van der Waals surface area contributed by atoms with Crippen molar-refractivity contribution < 1.29 is 25.0 Å². The molecule has 1 aromatic carbocycles. The van der Waals surface area contributed by atoms with Crippen molar-refractivity contribution in [1.29, 1.82) is 0 Å². The van der Waals surface area contributed by atoms with Crippen molar-refractivity contribution in [3.8, 4) is 5.75 Å². The van der Waals surface area contributed by atoms with Gasteiger partial charge in [0.2, 0.25) is 0 Å². The quantitative estimate of drug-likeness (QED) is 0.210. The smallest absolute Gasteiger partial charge is 0.260 e. The van der Waals surface area contributed by atoms with Crippen molar-refractivity contribution in [1.82, 2.24) is 4.90 Å². The molecular formula is C13H19N3O5. The molecule has 1 aromatic rings. The molecule has 0 saturated heterocycles. The van der Waals surface area contributed by atoms with Gasteiger partial charge < -0.3 is 30.8 Å². The van der Waals surface area contributed by atoms with Gasteiger partial charge in [0.05, 0.1) is 13.2 Å². The van der Waals surface area contributed by atoms with E-state index in [2.05, 4.69) is 5.16 Å². The molecule has 0 aromatic heterocycles. The summed E-state index contributed by atoms with van der Waals surface area (Å²) in [5, 5.41) is 29.1. The first-order chi connectivity index (χ1) is 10.1. The molecule has 116 valence electrons. The number of amidine groups is 1. The number of rotatable bonds is 8. The average molecular weight is 297 g/mol. The Bertz CT molecular complexity index is 469. The number of benzene rings is 1. The van der Waals surface area contributed by atoms with E-state index in [0.29, 0.717) is 11.3 Å². The normalized spacial score (nSPS) is 11.2. The molecule has 0 fully saturated rings. The topological polar surface area (TPSA) is 129 Å². The Morgan fingerprint density at radius 1 is 1.19 bits per heavy atom. The molecule has 0 spiro atoms. The molecule has 0 bridgehead atoms. The molecular weight excluding hydrogens is 278 g/mol. The van der Waals surface area contributed by atoms with Gasteiger partial charge in [-0.1, -0.05) is 5.16 Å². The Labute approximate surface area is 122 Å². The third kappa shape index (κ3) is 5.28. The molecule has 1 amide bonds. The Kier molecular flexibility index (Phi) is 6.99. The maximum absolute atomic E-state index is 11.8. The van der Waals surface area contributed by atoms with Crippen molar-refractivity contribution in [3.05, 3.63) is 29.8 Å². The molecule has 0 aliphatic carbocycles. The molecule has 0 aliphatic rings. The highest BCUT2D eigenvalue weighted by Gasteiger charge is 2.13. The summed E-state index contributed by atoms with van der Waals surface area (Å²) in [4.78, 5) is 13.1. The van der Waals surface area contributed by atoms with Crippen LogP contribution in [0.25, 0.3) is 0 Å². The predicted molar refractivity (Wildman–Crippen MR) is 75.2 cm³/mol. The number of aliphatic hydroxyl groups is 2. The molecule has 21 heavy (non-hydrogen) atoms. The van der Waals surface area contributed by atoms with E-state index in [1.54, 1.807) is 24.3 Å². The number of aliphatic hydroxyl groups excluding tert-OH is 2. The number of hydrogen-bond donors (Lipinski definition) is 4. The zero-order valence-electron chi connectivity index (χ0n) is 11.5. The van der Waals surface area contributed by atoms with Crippen LogP contribution < -0.4 is 10.5 Å². The zero-order valence-corrected chi connectivity index (χ0v) is 11.5. The fraction of sp³-hybridized carbons (Fsp3) is 0.385. The van der Waals surface area contributed by atoms with E-state index in [4.69, 9.17) is 25.9 Å². The Hall–Kier alpha value is -2.32. The number of oxime groups is 1. The van der Waals surface area contributed by atoms with E-state index in [1.165, 1.54) is 4.90 Å². The van der Waals surface area contributed by atoms with E-state index in [0.717, 1.165) is 0 Å². The molecule has 0 saturated carbocycles. The number of nitrogens with zero attached hydrogens (tertiary/aromatic N) is 2. The fourth-order valence-electron chi connectivity index (χ4n) is 1.62. The number of ether oxygens (including phenoxy) is 1. The SMILES string of the molecule is N/C(=N/O)c1ccc(OCC(=O)N(CCO)CCO)cc1. The maximum Gasteiger partial charge on any atom is 0.260 e. The lowest BCUT2D eigenvalue weighted by molar-refractivity contribution is -0.134. The molecule has 5 N–H and O–H groups in total. The summed E-state index contributed by atoms with van der Waals surface area (Å²) < 4.78 is 5.31. The second-order valence-electron chi connectivity index (χ2n) is 4.13. The van der Waals surface area contributed by atoms with Gasteiger partial charge in [-0.25, -0.2) is 0 Å². The van der Waals surface area contributed by atoms with Gasteiger partial charge in [-0.15, -0.1) is 0 Å². The molecule has 0 aliphatic heterocycles. The van der Waals surface area contributed by atoms with E-state index in [-0.39, 0.29) is 44.7 Å². The monoisotopic (exact) mass is 297 g/mol. The summed E-state index contributed by atoms with van der Waals surface area (Å²) in [7, 11) is 0. The third-order valence-electron chi connectivity index (χ3n) is 2.71. The summed E-state index contributed by atoms with van der Waals surface area (Å²) in [5.74, 6) is 0.0964. The molecule has 8 nitrogen and oxygen atoms in total. The van der Waals surface area contributed by atoms with Crippen molar-refractivity contribution in [2.75, 3.05) is 32.9 Å². The van der Waals surface area contributed by atoms with Gasteiger partial charge in [0.15, 0.2) is 12.4 Å². The van der Waals surface area contributed by atoms with E-state index < -0.39 is 0 Å². The number of nitrogens with two attached hydrogens (primary N) is 1. The molecule has 1 rings (SSSR count). The van der Waals surface area contributed by atoms with E-state index in [1.807, 2.05) is 0 Å². The van der Waals surface area contributed by atoms with Crippen LogP contribution >= 0.6 is 0 Å². The van der Waals surface area contributed by atoms with Crippen LogP contribution in [0.2, 0.25) is 0 Å². The lowest BCUT2D eigenvalue weighted by atomic mass is 10.2. The standard InChI is InChI=1S/C13H19N3O5/c14-13(15-20)10-1-3-11(4-2-10)21-9-12(19)16(5-7-17)6-8-18/h1-4,17-18,20H,5-9H2,(H2,14,15). The highest BCUT2D eigenvalue weighted by atomic mass is 16.5. The van der Waals surface area contributed by atoms with Crippen LogP contribution in [0.4, 0.5) is 0 Å². The van der Waals surface area contributed by atoms with Crippen LogP contribution in [0, 0.1) is 0 Å². The van der Waals surface area contributed by atoms with Gasteiger partial charge in [0.1, 0.15) is 5.75 Å². The minimum absolute atomic E-state index is 0.0188. The first-order valence-electron chi connectivity index (χ1n) is 6.32. The van der Waals surface area contributed by atoms with E-state index in [9.17, 15) is 4.79 Å². The third-order valence-corrected chi connectivity index (χ3v) is 2.71. The largest absolute Gasteiger partial charge is 0.484 e. The van der Waals surface area contributed by atoms with Crippen LogP contribution in [0.3, 0.4) is 0 Å². The highest BCUT2D eigenvalue weighted by Crippen LogP contribution is 2.12. The minimum Gasteiger partial charge on any atom is -0.484 e. The van der Waals surface area contributed by atoms with Gasteiger partial charge in [-0.3, -0.25) is 4.79 Å². The van der Waals surface area contributed by atoms with Crippen LogP contribution in [0.1, 0.15) is 5.56 Å². The van der Waals surface area contributed by atoms with Gasteiger partial charge >= 0.3 is 0 Å². The Balaban J connectivity index is 2.56. The van der Waals surface area contributed by atoms with Gasteiger partial charge in [0, 0.05) is 18.7 Å². The fourth-order valence-corrected chi connectivity index (χ4v) is 1.62. The first-order valence-corrected chi connectivity index (χ1v) is 6.32. The Morgan fingerprint density at radius 2 is 1.76 bits per heavy atom. The summed E-state index contributed by atoms with van der Waals surface area (Å²) in [5.41, 5.74) is 5.95. The summed E-state index contributed by atoms with van der Waals surface area (Å²) in [6, 6.07) is 6.36. The summed E-state index contributed by atoms with van der Waals surface area (Å²) in [6.07, 6.45) is 0. The molecule has 8 heteroatoms. The zero-order chi connectivity index (χ0) is 15.7. The van der Waals surface area contributed by atoms with Crippen LogP contribution in [0.5, 0.6) is 5.75 Å². The molecule has 0 radical (unpaired) electrons. The number of hydrogen-bond acceptors (Lipinski definition) is 6. The minimum atomic E-state index is -0.335. The first kappa shape index (κ1) is 16.7. The lowest BCUT2D eigenvalue weighted by Gasteiger charge is -2.20. The number of carbonyl (C=O) groups excluding carboxylic acids is 1. The van der Waals surface area contributed by atoms with E-state index >= 15 is 0 Å². The molecule has 0 unspecified atom stereocenters. The summed E-state index contributed by atoms with van der Waals surface area (Å²) >= 11 is 0. The van der Waals surface area contributed by atoms with Crippen molar-refractivity contribution in [2.24, 2.45) is 10.9 Å². The van der Waals surface area contributed by atoms with Crippen molar-refractivity contribution >= 4 is 11.7 Å². The number of carbonyl (C=O) groups is 1. The summed E-state index contributed by atoms with van der Waals surface area (Å²) in [6.45, 7) is -0.278. The predicted octanol–water partition coefficient (Wildman–Crippen LogP) is -1.03. The number of amides is 1. The van der Waals surface area contributed by atoms with Gasteiger partial charge in [0.25, 0.3) is 5.91 Å². The van der Waals surface area contributed by atoms with Gasteiger partial charge in [-0.2, -0.15) is 0 Å². The van der Waals surface area contributed by atoms with Crippen LogP contribution in [-0.4, -0.2) is 65.0 Å². The van der Waals surface area contributed by atoms with Gasteiger partial charge in [-0.05, 0) is 24.3 Å². The second-order valence-corrected chi connectivity index (χ2v) is 4.13.